The monoisotopic (exact) mass is 308 g/mol. The summed E-state index contributed by atoms with van der Waals surface area (Å²) in [5.41, 5.74) is 0.177. The Balaban J connectivity index is 1.70. The number of aliphatic hydroxyl groups is 1. The summed E-state index contributed by atoms with van der Waals surface area (Å²) in [5, 5.41) is 17.1. The van der Waals surface area contributed by atoms with Gasteiger partial charge in [0.2, 0.25) is 0 Å². The number of halogens is 1. The Labute approximate surface area is 126 Å². The molecule has 6 heteroatoms. The normalized spacial score (nSPS) is 11.9. The largest absolute Gasteiger partial charge is 0.386 e. The highest BCUT2D eigenvalue weighted by Crippen LogP contribution is 2.15. The first kappa shape index (κ1) is 15.5. The van der Waals surface area contributed by atoms with Crippen LogP contribution in [0.4, 0.5) is 9.18 Å². The molecular weight excluding hydrogens is 291 g/mol. The Bertz CT molecular complexity index is 575. The van der Waals surface area contributed by atoms with Crippen molar-refractivity contribution < 1.29 is 14.3 Å². The van der Waals surface area contributed by atoms with Crippen LogP contribution in [0.25, 0.3) is 0 Å². The van der Waals surface area contributed by atoms with Crippen LogP contribution in [0.2, 0.25) is 0 Å². The minimum atomic E-state index is -1.06. The van der Waals surface area contributed by atoms with E-state index in [0.29, 0.717) is 6.54 Å². The molecule has 21 heavy (non-hydrogen) atoms. The molecule has 0 fully saturated rings. The predicted octanol–water partition coefficient (Wildman–Crippen LogP) is 2.46. The highest BCUT2D eigenvalue weighted by molar-refractivity contribution is 7.09. The van der Waals surface area contributed by atoms with Gasteiger partial charge >= 0.3 is 6.03 Å². The maximum atomic E-state index is 13.4. The van der Waals surface area contributed by atoms with Crippen LogP contribution in [0.3, 0.4) is 0 Å². The van der Waals surface area contributed by atoms with Crippen molar-refractivity contribution in [1.29, 1.82) is 0 Å². The second-order valence-corrected chi connectivity index (χ2v) is 5.54. The van der Waals surface area contributed by atoms with Gasteiger partial charge in [-0.05, 0) is 23.9 Å². The lowest BCUT2D eigenvalue weighted by molar-refractivity contribution is 0.169. The summed E-state index contributed by atoms with van der Waals surface area (Å²) < 4.78 is 13.4. The van der Waals surface area contributed by atoms with Crippen molar-refractivity contribution in [3.63, 3.8) is 0 Å². The molecule has 0 saturated carbocycles. The molecule has 0 aliphatic rings. The average molecular weight is 308 g/mol. The van der Waals surface area contributed by atoms with Crippen molar-refractivity contribution in [2.45, 2.75) is 12.5 Å². The molecule has 112 valence electrons. The molecular formula is C15H17FN2O2S. The van der Waals surface area contributed by atoms with E-state index in [-0.39, 0.29) is 18.1 Å². The smallest absolute Gasteiger partial charge is 0.314 e. The van der Waals surface area contributed by atoms with E-state index in [4.69, 9.17) is 0 Å². The zero-order valence-electron chi connectivity index (χ0n) is 11.4. The van der Waals surface area contributed by atoms with Gasteiger partial charge in [-0.25, -0.2) is 9.18 Å². The number of urea groups is 1. The van der Waals surface area contributed by atoms with E-state index in [1.807, 2.05) is 17.5 Å². The molecule has 1 atom stereocenters. The molecule has 0 saturated heterocycles. The van der Waals surface area contributed by atoms with Crippen molar-refractivity contribution in [2.24, 2.45) is 0 Å². The lowest BCUT2D eigenvalue weighted by Gasteiger charge is -2.13. The first-order valence-electron chi connectivity index (χ1n) is 6.63. The van der Waals surface area contributed by atoms with Gasteiger partial charge in [0.25, 0.3) is 0 Å². The zero-order valence-corrected chi connectivity index (χ0v) is 12.2. The highest BCUT2D eigenvalue weighted by Gasteiger charge is 2.12. The number of carbonyl (C=O) groups excluding carboxylic acids is 1. The molecule has 2 rings (SSSR count). The van der Waals surface area contributed by atoms with E-state index >= 15 is 0 Å². The third-order valence-corrected chi connectivity index (χ3v) is 3.89. The van der Waals surface area contributed by atoms with Crippen LogP contribution >= 0.6 is 11.3 Å². The number of carbonyl (C=O) groups is 1. The Morgan fingerprint density at radius 3 is 2.76 bits per heavy atom. The average Bonchev–Trinajstić information content (AvgIpc) is 2.98. The summed E-state index contributed by atoms with van der Waals surface area (Å²) >= 11 is 1.64. The van der Waals surface area contributed by atoms with Crippen LogP contribution in [0, 0.1) is 5.82 Å². The van der Waals surface area contributed by atoms with Gasteiger partial charge in [0, 0.05) is 23.5 Å². The topological polar surface area (TPSA) is 61.4 Å². The SMILES string of the molecule is O=C(NCCc1cccs1)NCC(O)c1ccccc1F. The van der Waals surface area contributed by atoms with Crippen LogP contribution in [0.1, 0.15) is 16.5 Å². The number of amides is 2. The standard InChI is InChI=1S/C15H17FN2O2S/c16-13-6-2-1-5-12(13)14(19)10-18-15(20)17-8-7-11-4-3-9-21-11/h1-6,9,14,19H,7-8,10H2,(H2,17,18,20). The van der Waals surface area contributed by atoms with Gasteiger partial charge < -0.3 is 15.7 Å². The predicted molar refractivity (Wildman–Crippen MR) is 80.8 cm³/mol. The number of benzene rings is 1. The van der Waals surface area contributed by atoms with E-state index in [1.165, 1.54) is 17.0 Å². The quantitative estimate of drug-likeness (QED) is 0.767. The van der Waals surface area contributed by atoms with Gasteiger partial charge in [0.15, 0.2) is 0 Å². The summed E-state index contributed by atoms with van der Waals surface area (Å²) in [5.74, 6) is -0.482. The molecule has 2 amide bonds. The number of aliphatic hydroxyl groups excluding tert-OH is 1. The molecule has 2 aromatic rings. The maximum absolute atomic E-state index is 13.4. The summed E-state index contributed by atoms with van der Waals surface area (Å²) in [4.78, 5) is 12.8. The summed E-state index contributed by atoms with van der Waals surface area (Å²) in [6.45, 7) is 0.480. The van der Waals surface area contributed by atoms with Gasteiger partial charge in [-0.1, -0.05) is 24.3 Å². The molecule has 0 aliphatic carbocycles. The third-order valence-electron chi connectivity index (χ3n) is 2.96. The fourth-order valence-corrected chi connectivity index (χ4v) is 2.57. The first-order chi connectivity index (χ1) is 10.2. The second kappa shape index (κ2) is 7.75. The minimum absolute atomic E-state index is 0.0359. The van der Waals surface area contributed by atoms with E-state index in [9.17, 15) is 14.3 Å². The second-order valence-electron chi connectivity index (χ2n) is 4.50. The van der Waals surface area contributed by atoms with Crippen LogP contribution < -0.4 is 10.6 Å². The minimum Gasteiger partial charge on any atom is -0.386 e. The summed E-state index contributed by atoms with van der Waals surface area (Å²) in [7, 11) is 0. The number of hydrogen-bond donors (Lipinski definition) is 3. The molecule has 3 N–H and O–H groups in total. The molecule has 0 aliphatic heterocycles. The Hall–Kier alpha value is -1.92. The lowest BCUT2D eigenvalue weighted by Crippen LogP contribution is -2.38. The van der Waals surface area contributed by atoms with E-state index in [1.54, 1.807) is 23.5 Å². The Kier molecular flexibility index (Phi) is 5.71. The fraction of sp³-hybridized carbons (Fsp3) is 0.267. The van der Waals surface area contributed by atoms with Crippen molar-refractivity contribution in [1.82, 2.24) is 10.6 Å². The fourth-order valence-electron chi connectivity index (χ4n) is 1.86. The summed E-state index contributed by atoms with van der Waals surface area (Å²) in [6, 6.07) is 9.56. The first-order valence-corrected chi connectivity index (χ1v) is 7.51. The molecule has 4 nitrogen and oxygen atoms in total. The van der Waals surface area contributed by atoms with Crippen LogP contribution in [0.5, 0.6) is 0 Å². The number of hydrogen-bond acceptors (Lipinski definition) is 3. The van der Waals surface area contributed by atoms with E-state index < -0.39 is 11.9 Å². The Morgan fingerprint density at radius 1 is 1.24 bits per heavy atom. The maximum Gasteiger partial charge on any atom is 0.314 e. The van der Waals surface area contributed by atoms with Crippen molar-refractivity contribution in [3.05, 3.63) is 58.0 Å². The van der Waals surface area contributed by atoms with E-state index in [0.717, 1.165) is 6.42 Å². The van der Waals surface area contributed by atoms with Crippen LogP contribution in [-0.2, 0) is 6.42 Å². The zero-order chi connectivity index (χ0) is 15.1. The number of nitrogens with one attached hydrogen (secondary N) is 2. The van der Waals surface area contributed by atoms with Crippen molar-refractivity contribution in [3.8, 4) is 0 Å². The molecule has 0 bridgehead atoms. The Morgan fingerprint density at radius 2 is 2.05 bits per heavy atom. The van der Waals surface area contributed by atoms with Gasteiger partial charge in [-0.2, -0.15) is 0 Å². The van der Waals surface area contributed by atoms with Crippen molar-refractivity contribution in [2.75, 3.05) is 13.1 Å². The van der Waals surface area contributed by atoms with E-state index in [2.05, 4.69) is 10.6 Å². The van der Waals surface area contributed by atoms with Gasteiger partial charge in [-0.15, -0.1) is 11.3 Å². The van der Waals surface area contributed by atoms with Gasteiger partial charge in [-0.3, -0.25) is 0 Å². The lowest BCUT2D eigenvalue weighted by atomic mass is 10.1. The van der Waals surface area contributed by atoms with Gasteiger partial charge in [0.1, 0.15) is 5.82 Å². The number of rotatable bonds is 6. The summed E-state index contributed by atoms with van der Waals surface area (Å²) in [6.07, 6.45) is -0.296. The van der Waals surface area contributed by atoms with Crippen LogP contribution in [0.15, 0.2) is 41.8 Å². The van der Waals surface area contributed by atoms with Crippen LogP contribution in [-0.4, -0.2) is 24.2 Å². The molecule has 1 heterocycles. The van der Waals surface area contributed by atoms with Crippen molar-refractivity contribution >= 4 is 17.4 Å². The van der Waals surface area contributed by atoms with Gasteiger partial charge in [0.05, 0.1) is 6.10 Å². The third kappa shape index (κ3) is 4.84. The molecule has 0 radical (unpaired) electrons. The number of thiophene rings is 1. The molecule has 0 spiro atoms. The molecule has 1 unspecified atom stereocenters. The molecule has 1 aromatic heterocycles. The molecule has 1 aromatic carbocycles. The highest BCUT2D eigenvalue weighted by atomic mass is 32.1.